The lowest BCUT2D eigenvalue weighted by molar-refractivity contribution is 0.0966. The molecule has 1 aliphatic heterocycles. The van der Waals surface area contributed by atoms with Crippen LogP contribution in [0.5, 0.6) is 0 Å². The van der Waals surface area contributed by atoms with Crippen molar-refractivity contribution >= 4 is 11.7 Å². The highest BCUT2D eigenvalue weighted by Gasteiger charge is 2.29. The van der Waals surface area contributed by atoms with E-state index in [4.69, 9.17) is 5.73 Å². The minimum absolute atomic E-state index is 0.139. The molecule has 3 heterocycles. The Balaban J connectivity index is 2.31. The van der Waals surface area contributed by atoms with E-state index >= 15 is 0 Å². The van der Waals surface area contributed by atoms with Gasteiger partial charge in [-0.3, -0.25) is 9.48 Å². The molecule has 0 spiro atoms. The van der Waals surface area contributed by atoms with Gasteiger partial charge in [-0.05, 0) is 0 Å². The average molecular weight is 247 g/mol. The number of hydrogen-bond donors (Lipinski definition) is 2. The smallest absolute Gasteiger partial charge is 0.254 e. The first kappa shape index (κ1) is 10.7. The third-order valence-electron chi connectivity index (χ3n) is 2.89. The van der Waals surface area contributed by atoms with Gasteiger partial charge in [-0.25, -0.2) is 9.37 Å². The van der Waals surface area contributed by atoms with E-state index in [1.165, 1.54) is 0 Å². The lowest BCUT2D eigenvalue weighted by Gasteiger charge is -2.06. The van der Waals surface area contributed by atoms with E-state index in [0.29, 0.717) is 11.3 Å². The molecule has 3 rings (SSSR count). The number of aromatic nitrogens is 3. The molecule has 0 aromatic carbocycles. The molecule has 6 nitrogen and oxygen atoms in total. The summed E-state index contributed by atoms with van der Waals surface area (Å²) < 4.78 is 15.4. The molecule has 2 aromatic heterocycles. The van der Waals surface area contributed by atoms with Crippen molar-refractivity contribution in [2.24, 2.45) is 7.05 Å². The first-order valence-electron chi connectivity index (χ1n) is 5.33. The molecule has 0 saturated carbocycles. The summed E-state index contributed by atoms with van der Waals surface area (Å²) in [5.41, 5.74) is 7.05. The van der Waals surface area contributed by atoms with Crippen molar-refractivity contribution in [3.63, 3.8) is 0 Å². The number of amides is 1. The Hall–Kier alpha value is -2.44. The summed E-state index contributed by atoms with van der Waals surface area (Å²) in [6, 6.07) is 0. The van der Waals surface area contributed by atoms with Gasteiger partial charge in [0.1, 0.15) is 0 Å². The number of carbonyl (C=O) groups excluding carboxylic acids is 1. The van der Waals surface area contributed by atoms with Crippen LogP contribution < -0.4 is 11.1 Å². The Morgan fingerprint density at radius 1 is 1.56 bits per heavy atom. The number of nitrogens with one attached hydrogen (secondary N) is 1. The standard InChI is InChI=1S/C11H10FN5O/c1-17-4-5(2-15-17)9-7-6(3-14-11(7)18)8(12)10(13)16-9/h2,4H,3H2,1H3,(H2,13,16)(H,14,18). The van der Waals surface area contributed by atoms with Crippen molar-refractivity contribution in [2.75, 3.05) is 5.73 Å². The topological polar surface area (TPSA) is 85.8 Å². The number of nitrogens with zero attached hydrogens (tertiary/aromatic N) is 3. The normalized spacial score (nSPS) is 13.6. The molecular weight excluding hydrogens is 237 g/mol. The first-order chi connectivity index (χ1) is 8.58. The molecule has 7 heteroatoms. The SMILES string of the molecule is Cn1cc(-c2nc(N)c(F)c3c2C(=O)NC3)cn1. The van der Waals surface area contributed by atoms with Crippen LogP contribution in [-0.4, -0.2) is 20.7 Å². The van der Waals surface area contributed by atoms with Gasteiger partial charge >= 0.3 is 0 Å². The molecule has 0 radical (unpaired) electrons. The van der Waals surface area contributed by atoms with Gasteiger partial charge in [-0.15, -0.1) is 0 Å². The average Bonchev–Trinajstić information content (AvgIpc) is 2.91. The van der Waals surface area contributed by atoms with Gasteiger partial charge in [0.15, 0.2) is 11.6 Å². The molecule has 1 aliphatic rings. The lowest BCUT2D eigenvalue weighted by atomic mass is 10.0. The van der Waals surface area contributed by atoms with Crippen LogP contribution in [-0.2, 0) is 13.6 Å². The fourth-order valence-electron chi connectivity index (χ4n) is 2.05. The van der Waals surface area contributed by atoms with Crippen molar-refractivity contribution < 1.29 is 9.18 Å². The van der Waals surface area contributed by atoms with Gasteiger partial charge in [-0.2, -0.15) is 5.10 Å². The van der Waals surface area contributed by atoms with Crippen LogP contribution in [0.4, 0.5) is 10.2 Å². The Bertz CT molecular complexity index is 664. The van der Waals surface area contributed by atoms with Crippen LogP contribution in [0, 0.1) is 5.82 Å². The Morgan fingerprint density at radius 2 is 2.33 bits per heavy atom. The highest BCUT2D eigenvalue weighted by molar-refractivity contribution is 6.04. The summed E-state index contributed by atoms with van der Waals surface area (Å²) in [7, 11) is 1.75. The predicted molar refractivity (Wildman–Crippen MR) is 62.0 cm³/mol. The van der Waals surface area contributed by atoms with Crippen LogP contribution >= 0.6 is 0 Å². The van der Waals surface area contributed by atoms with Crippen molar-refractivity contribution in [2.45, 2.75) is 6.54 Å². The molecule has 2 aromatic rings. The largest absolute Gasteiger partial charge is 0.381 e. The maximum absolute atomic E-state index is 13.8. The minimum Gasteiger partial charge on any atom is -0.381 e. The van der Waals surface area contributed by atoms with Crippen LogP contribution in [0.1, 0.15) is 15.9 Å². The first-order valence-corrected chi connectivity index (χ1v) is 5.33. The minimum atomic E-state index is -0.629. The molecule has 0 fully saturated rings. The number of carbonyl (C=O) groups is 1. The second kappa shape index (κ2) is 3.52. The number of anilines is 1. The zero-order valence-corrected chi connectivity index (χ0v) is 9.57. The molecule has 0 saturated heterocycles. The number of pyridine rings is 1. The summed E-state index contributed by atoms with van der Waals surface area (Å²) in [4.78, 5) is 15.7. The number of fused-ring (bicyclic) bond motifs is 1. The number of rotatable bonds is 1. The van der Waals surface area contributed by atoms with Crippen molar-refractivity contribution in [1.82, 2.24) is 20.1 Å². The summed E-state index contributed by atoms with van der Waals surface area (Å²) in [6.07, 6.45) is 3.26. The van der Waals surface area contributed by atoms with Crippen LogP contribution in [0.25, 0.3) is 11.3 Å². The number of aryl methyl sites for hydroxylation is 1. The third kappa shape index (κ3) is 1.37. The predicted octanol–water partition coefficient (Wildman–Crippen LogP) is 0.447. The molecule has 0 atom stereocenters. The molecule has 18 heavy (non-hydrogen) atoms. The highest BCUT2D eigenvalue weighted by atomic mass is 19.1. The summed E-state index contributed by atoms with van der Waals surface area (Å²) >= 11 is 0. The second-order valence-corrected chi connectivity index (χ2v) is 4.10. The van der Waals surface area contributed by atoms with E-state index < -0.39 is 5.82 Å². The summed E-state index contributed by atoms with van der Waals surface area (Å²) in [5.74, 6) is -1.17. The van der Waals surface area contributed by atoms with E-state index in [2.05, 4.69) is 15.4 Å². The quantitative estimate of drug-likeness (QED) is 0.766. The maximum Gasteiger partial charge on any atom is 0.254 e. The maximum atomic E-state index is 13.8. The molecule has 0 aliphatic carbocycles. The van der Waals surface area contributed by atoms with Crippen molar-refractivity contribution in [3.05, 3.63) is 29.3 Å². The number of nitrogens with two attached hydrogens (primary N) is 1. The van der Waals surface area contributed by atoms with E-state index in [1.807, 2.05) is 0 Å². The van der Waals surface area contributed by atoms with E-state index in [1.54, 1.807) is 24.1 Å². The number of nitrogen functional groups attached to an aromatic ring is 1. The van der Waals surface area contributed by atoms with E-state index in [0.717, 1.165) is 0 Å². The molecule has 0 bridgehead atoms. The Morgan fingerprint density at radius 3 is 3.00 bits per heavy atom. The fourth-order valence-corrected chi connectivity index (χ4v) is 2.05. The number of halogens is 1. The molecular formula is C11H10FN5O. The molecule has 92 valence electrons. The molecule has 3 N–H and O–H groups in total. The zero-order chi connectivity index (χ0) is 12.9. The van der Waals surface area contributed by atoms with Gasteiger partial charge in [0.25, 0.3) is 5.91 Å². The Kier molecular flexibility index (Phi) is 2.09. The summed E-state index contributed by atoms with van der Waals surface area (Å²) in [6.45, 7) is 0.139. The van der Waals surface area contributed by atoms with Crippen LogP contribution in [0.3, 0.4) is 0 Å². The van der Waals surface area contributed by atoms with Gasteiger partial charge in [0.2, 0.25) is 0 Å². The van der Waals surface area contributed by atoms with E-state index in [-0.39, 0.29) is 29.4 Å². The lowest BCUT2D eigenvalue weighted by Crippen LogP contribution is -2.13. The van der Waals surface area contributed by atoms with Crippen molar-refractivity contribution in [1.29, 1.82) is 0 Å². The third-order valence-corrected chi connectivity index (χ3v) is 2.89. The van der Waals surface area contributed by atoms with Gasteiger partial charge in [0.05, 0.1) is 17.5 Å². The van der Waals surface area contributed by atoms with Gasteiger partial charge < -0.3 is 11.1 Å². The second-order valence-electron chi connectivity index (χ2n) is 4.10. The zero-order valence-electron chi connectivity index (χ0n) is 9.57. The molecule has 1 amide bonds. The van der Waals surface area contributed by atoms with Gasteiger partial charge in [-0.1, -0.05) is 0 Å². The molecule has 0 unspecified atom stereocenters. The fraction of sp³-hybridized carbons (Fsp3) is 0.182. The van der Waals surface area contributed by atoms with Gasteiger partial charge in [0, 0.05) is 30.9 Å². The van der Waals surface area contributed by atoms with E-state index in [9.17, 15) is 9.18 Å². The van der Waals surface area contributed by atoms with Crippen LogP contribution in [0.15, 0.2) is 12.4 Å². The number of hydrogen-bond acceptors (Lipinski definition) is 4. The van der Waals surface area contributed by atoms with Crippen LogP contribution in [0.2, 0.25) is 0 Å². The Labute approximate surface area is 102 Å². The van der Waals surface area contributed by atoms with Crippen molar-refractivity contribution in [3.8, 4) is 11.3 Å². The summed E-state index contributed by atoms with van der Waals surface area (Å²) in [5, 5.41) is 6.57. The highest BCUT2D eigenvalue weighted by Crippen LogP contribution is 2.31. The monoisotopic (exact) mass is 247 g/mol.